The van der Waals surface area contributed by atoms with Crippen molar-refractivity contribution in [3.8, 4) is 5.75 Å². The second-order valence-corrected chi connectivity index (χ2v) is 7.49. The number of para-hydroxylation sites is 1. The third-order valence-electron chi connectivity index (χ3n) is 5.73. The van der Waals surface area contributed by atoms with E-state index < -0.39 is 16.8 Å². The normalized spacial score (nSPS) is 26.2. The van der Waals surface area contributed by atoms with Gasteiger partial charge in [0.1, 0.15) is 5.75 Å². The molecule has 2 aliphatic heterocycles. The molecule has 2 heterocycles. The molecule has 1 N–H and O–H groups in total. The number of benzene rings is 1. The van der Waals surface area contributed by atoms with E-state index in [-0.39, 0.29) is 18.4 Å². The summed E-state index contributed by atoms with van der Waals surface area (Å²) in [6.45, 7) is 5.21. The van der Waals surface area contributed by atoms with Crippen LogP contribution in [0, 0.1) is 11.3 Å². The summed E-state index contributed by atoms with van der Waals surface area (Å²) in [4.78, 5) is 26.9. The Morgan fingerprint density at radius 2 is 2.08 bits per heavy atom. The molecule has 0 spiro atoms. The maximum atomic E-state index is 13.3. The third kappa shape index (κ3) is 2.78. The summed E-state index contributed by atoms with van der Waals surface area (Å²) < 4.78 is 10.9. The van der Waals surface area contributed by atoms with Crippen LogP contribution in [0.25, 0.3) is 0 Å². The molecule has 6 nitrogen and oxygen atoms in total. The van der Waals surface area contributed by atoms with E-state index >= 15 is 0 Å². The van der Waals surface area contributed by atoms with Gasteiger partial charge < -0.3 is 19.5 Å². The Balaban J connectivity index is 1.89. The zero-order valence-electron chi connectivity index (χ0n) is 14.9. The fraction of sp³-hybridized carbons (Fsp3) is 0.579. The molecule has 2 aliphatic rings. The van der Waals surface area contributed by atoms with Gasteiger partial charge in [-0.15, -0.1) is 0 Å². The molecule has 2 saturated heterocycles. The SMILES string of the molecule is COc1ccccc1C(C)(C)C(=O)N1C[C@H]2COCC[C@@]2(C(=O)O)C1. The fourth-order valence-corrected chi connectivity index (χ4v) is 4.13. The van der Waals surface area contributed by atoms with E-state index in [9.17, 15) is 14.7 Å². The summed E-state index contributed by atoms with van der Waals surface area (Å²) in [5.74, 6) is -0.400. The van der Waals surface area contributed by atoms with Gasteiger partial charge in [-0.1, -0.05) is 18.2 Å². The van der Waals surface area contributed by atoms with Crippen molar-refractivity contribution in [1.29, 1.82) is 0 Å². The highest BCUT2D eigenvalue weighted by Crippen LogP contribution is 2.44. The molecule has 0 aromatic heterocycles. The number of methoxy groups -OCH3 is 1. The molecule has 6 heteroatoms. The minimum Gasteiger partial charge on any atom is -0.496 e. The van der Waals surface area contributed by atoms with Crippen molar-refractivity contribution in [1.82, 2.24) is 4.90 Å². The van der Waals surface area contributed by atoms with E-state index in [1.54, 1.807) is 12.0 Å². The smallest absolute Gasteiger partial charge is 0.311 e. The summed E-state index contributed by atoms with van der Waals surface area (Å²) >= 11 is 0. The monoisotopic (exact) mass is 347 g/mol. The van der Waals surface area contributed by atoms with E-state index in [0.29, 0.717) is 31.9 Å². The zero-order valence-corrected chi connectivity index (χ0v) is 14.9. The van der Waals surface area contributed by atoms with Crippen LogP contribution in [0.1, 0.15) is 25.8 Å². The summed E-state index contributed by atoms with van der Waals surface area (Å²) in [5.41, 5.74) is -0.885. The minimum absolute atomic E-state index is 0.0768. The number of rotatable bonds is 4. The molecule has 2 fully saturated rings. The van der Waals surface area contributed by atoms with Crippen molar-refractivity contribution in [2.75, 3.05) is 33.4 Å². The van der Waals surface area contributed by atoms with E-state index in [1.165, 1.54) is 0 Å². The molecule has 1 aromatic rings. The predicted molar refractivity (Wildman–Crippen MR) is 91.6 cm³/mol. The van der Waals surface area contributed by atoms with Gasteiger partial charge in [0.05, 0.1) is 24.5 Å². The predicted octanol–water partition coefficient (Wildman–Crippen LogP) is 1.92. The van der Waals surface area contributed by atoms with Crippen LogP contribution in [-0.4, -0.2) is 55.3 Å². The van der Waals surface area contributed by atoms with Gasteiger partial charge in [-0.3, -0.25) is 9.59 Å². The highest BCUT2D eigenvalue weighted by atomic mass is 16.5. The van der Waals surface area contributed by atoms with Gasteiger partial charge in [-0.2, -0.15) is 0 Å². The van der Waals surface area contributed by atoms with Crippen LogP contribution >= 0.6 is 0 Å². The van der Waals surface area contributed by atoms with Gasteiger partial charge in [0, 0.05) is 31.2 Å². The maximum absolute atomic E-state index is 13.3. The summed E-state index contributed by atoms with van der Waals surface area (Å²) in [6.07, 6.45) is 0.450. The van der Waals surface area contributed by atoms with Gasteiger partial charge in [-0.05, 0) is 26.3 Å². The third-order valence-corrected chi connectivity index (χ3v) is 5.73. The molecule has 136 valence electrons. The lowest BCUT2D eigenvalue weighted by Crippen LogP contribution is -2.46. The molecule has 1 aromatic carbocycles. The van der Waals surface area contributed by atoms with Crippen LogP contribution in [0.2, 0.25) is 0 Å². The summed E-state index contributed by atoms with van der Waals surface area (Å²) in [7, 11) is 1.58. The lowest BCUT2D eigenvalue weighted by Gasteiger charge is -2.34. The molecular weight excluding hydrogens is 322 g/mol. The second-order valence-electron chi connectivity index (χ2n) is 7.49. The highest BCUT2D eigenvalue weighted by molar-refractivity contribution is 5.89. The topological polar surface area (TPSA) is 76.1 Å². The number of ether oxygens (including phenoxy) is 2. The van der Waals surface area contributed by atoms with Crippen LogP contribution < -0.4 is 4.74 Å². The number of fused-ring (bicyclic) bond motifs is 1. The number of carbonyl (C=O) groups is 2. The number of hydrogen-bond acceptors (Lipinski definition) is 4. The van der Waals surface area contributed by atoms with Crippen molar-refractivity contribution in [2.24, 2.45) is 11.3 Å². The number of carboxylic acid groups (broad SMARTS) is 1. The Morgan fingerprint density at radius 3 is 2.72 bits per heavy atom. The molecule has 0 bridgehead atoms. The van der Waals surface area contributed by atoms with Gasteiger partial charge in [0.25, 0.3) is 0 Å². The van der Waals surface area contributed by atoms with Crippen LogP contribution in [0.5, 0.6) is 5.75 Å². The first-order chi connectivity index (χ1) is 11.8. The molecule has 0 aliphatic carbocycles. The van der Waals surface area contributed by atoms with E-state index in [1.807, 2.05) is 38.1 Å². The van der Waals surface area contributed by atoms with Gasteiger partial charge in [0.15, 0.2) is 0 Å². The first kappa shape index (κ1) is 17.7. The quantitative estimate of drug-likeness (QED) is 0.901. The van der Waals surface area contributed by atoms with Crippen molar-refractivity contribution >= 4 is 11.9 Å². The van der Waals surface area contributed by atoms with Crippen LogP contribution in [0.4, 0.5) is 0 Å². The number of likely N-dealkylation sites (tertiary alicyclic amines) is 1. The molecule has 2 atom stereocenters. The Bertz CT molecular complexity index is 686. The van der Waals surface area contributed by atoms with Gasteiger partial charge in [0.2, 0.25) is 5.91 Å². The van der Waals surface area contributed by atoms with Crippen molar-refractivity contribution in [3.05, 3.63) is 29.8 Å². The number of amides is 1. The number of carboxylic acids is 1. The Hall–Kier alpha value is -2.08. The number of aliphatic carboxylic acids is 1. The molecule has 0 radical (unpaired) electrons. The number of hydrogen-bond donors (Lipinski definition) is 1. The molecular formula is C19H25NO5. The van der Waals surface area contributed by atoms with Crippen molar-refractivity contribution in [2.45, 2.75) is 25.7 Å². The summed E-state index contributed by atoms with van der Waals surface area (Å²) in [5, 5.41) is 9.79. The van der Waals surface area contributed by atoms with E-state index in [4.69, 9.17) is 9.47 Å². The molecule has 0 unspecified atom stereocenters. The number of nitrogens with zero attached hydrogens (tertiary/aromatic N) is 1. The van der Waals surface area contributed by atoms with E-state index in [0.717, 1.165) is 5.56 Å². The average Bonchev–Trinajstić information content (AvgIpc) is 3.01. The lowest BCUT2D eigenvalue weighted by atomic mass is 9.74. The Kier molecular flexibility index (Phi) is 4.49. The second kappa shape index (κ2) is 6.33. The largest absolute Gasteiger partial charge is 0.496 e. The van der Waals surface area contributed by atoms with Crippen molar-refractivity contribution < 1.29 is 24.2 Å². The lowest BCUT2D eigenvalue weighted by molar-refractivity contribution is -0.157. The summed E-state index contributed by atoms with van der Waals surface area (Å²) in [6, 6.07) is 7.46. The number of carbonyl (C=O) groups excluding carboxylic acids is 1. The van der Waals surface area contributed by atoms with Crippen LogP contribution in [-0.2, 0) is 19.7 Å². The van der Waals surface area contributed by atoms with Gasteiger partial charge in [-0.25, -0.2) is 0 Å². The van der Waals surface area contributed by atoms with Crippen LogP contribution in [0.15, 0.2) is 24.3 Å². The van der Waals surface area contributed by atoms with E-state index in [2.05, 4.69) is 0 Å². The Morgan fingerprint density at radius 1 is 1.36 bits per heavy atom. The first-order valence-corrected chi connectivity index (χ1v) is 8.57. The highest BCUT2D eigenvalue weighted by Gasteiger charge is 2.56. The zero-order chi connectivity index (χ0) is 18.2. The fourth-order valence-electron chi connectivity index (χ4n) is 4.13. The Labute approximate surface area is 147 Å². The molecule has 1 amide bonds. The average molecular weight is 347 g/mol. The standard InChI is InChI=1S/C19H25NO5/c1-18(2,14-6-4-5-7-15(14)24-3)16(21)20-10-13-11-25-9-8-19(13,12-20)17(22)23/h4-7,13H,8-12H2,1-3H3,(H,22,23)/t13-,19+/m0/s1. The van der Waals surface area contributed by atoms with Gasteiger partial charge >= 0.3 is 5.97 Å². The molecule has 3 rings (SSSR count). The van der Waals surface area contributed by atoms with Crippen LogP contribution in [0.3, 0.4) is 0 Å². The molecule has 0 saturated carbocycles. The minimum atomic E-state index is -0.884. The molecule has 25 heavy (non-hydrogen) atoms. The maximum Gasteiger partial charge on any atom is 0.311 e. The van der Waals surface area contributed by atoms with Crippen molar-refractivity contribution in [3.63, 3.8) is 0 Å². The first-order valence-electron chi connectivity index (χ1n) is 8.57.